The Hall–Kier alpha value is -0.610. The molecule has 0 aromatic carbocycles. The third-order valence-electron chi connectivity index (χ3n) is 4.55. The second-order valence-electron chi connectivity index (χ2n) is 6.22. The molecule has 0 bridgehead atoms. The van der Waals surface area contributed by atoms with Crippen LogP contribution in [0.3, 0.4) is 0 Å². The minimum Gasteiger partial charge on any atom is -0.395 e. The first-order valence-corrected chi connectivity index (χ1v) is 7.12. The fourth-order valence-corrected chi connectivity index (χ4v) is 2.98. The van der Waals surface area contributed by atoms with Crippen molar-refractivity contribution < 1.29 is 9.90 Å². The standard InChI is InChI=1S/C14H26N2O2/c1-15-8-3-4-12(10-15)5-9-16(2)13(18)14(11-17)6-7-14/h12,17H,3-11H2,1-2H3. The number of hydrogen-bond acceptors (Lipinski definition) is 3. The van der Waals surface area contributed by atoms with Crippen molar-refractivity contribution in [1.29, 1.82) is 0 Å². The molecule has 1 N–H and O–H groups in total. The first-order chi connectivity index (χ1) is 8.57. The molecular formula is C14H26N2O2. The van der Waals surface area contributed by atoms with Crippen LogP contribution in [0.5, 0.6) is 0 Å². The van der Waals surface area contributed by atoms with Crippen LogP contribution in [0.4, 0.5) is 0 Å². The summed E-state index contributed by atoms with van der Waals surface area (Å²) >= 11 is 0. The topological polar surface area (TPSA) is 43.8 Å². The van der Waals surface area contributed by atoms with Crippen LogP contribution in [0.1, 0.15) is 32.1 Å². The summed E-state index contributed by atoms with van der Waals surface area (Å²) in [6.07, 6.45) is 5.38. The average Bonchev–Trinajstić information content (AvgIpc) is 3.16. The molecule has 1 atom stereocenters. The number of aliphatic hydroxyl groups is 1. The van der Waals surface area contributed by atoms with E-state index in [1.165, 1.54) is 19.4 Å². The lowest BCUT2D eigenvalue weighted by Crippen LogP contribution is -2.39. The predicted molar refractivity (Wildman–Crippen MR) is 71.2 cm³/mol. The molecule has 2 aliphatic rings. The summed E-state index contributed by atoms with van der Waals surface area (Å²) in [6, 6.07) is 0. The van der Waals surface area contributed by atoms with Gasteiger partial charge in [0.25, 0.3) is 0 Å². The van der Waals surface area contributed by atoms with Gasteiger partial charge in [0.2, 0.25) is 5.91 Å². The van der Waals surface area contributed by atoms with Crippen LogP contribution in [0, 0.1) is 11.3 Å². The first kappa shape index (κ1) is 13.8. The Labute approximate surface area is 110 Å². The minimum absolute atomic E-state index is 0.0162. The lowest BCUT2D eigenvalue weighted by molar-refractivity contribution is -0.137. The van der Waals surface area contributed by atoms with Gasteiger partial charge in [-0.3, -0.25) is 4.79 Å². The van der Waals surface area contributed by atoms with Gasteiger partial charge in [0, 0.05) is 20.1 Å². The largest absolute Gasteiger partial charge is 0.395 e. The summed E-state index contributed by atoms with van der Waals surface area (Å²) in [5, 5.41) is 9.27. The fourth-order valence-electron chi connectivity index (χ4n) is 2.98. The Morgan fingerprint density at radius 1 is 1.50 bits per heavy atom. The SMILES string of the molecule is CN1CCCC(CCN(C)C(=O)C2(CO)CC2)C1. The van der Waals surface area contributed by atoms with E-state index in [1.807, 2.05) is 11.9 Å². The normalized spacial score (nSPS) is 26.9. The molecule has 1 aliphatic carbocycles. The number of likely N-dealkylation sites (tertiary alicyclic amines) is 1. The molecular weight excluding hydrogens is 228 g/mol. The molecule has 0 aromatic rings. The van der Waals surface area contributed by atoms with E-state index < -0.39 is 5.41 Å². The molecule has 1 unspecified atom stereocenters. The van der Waals surface area contributed by atoms with Crippen LogP contribution in [-0.4, -0.2) is 61.2 Å². The van der Waals surface area contributed by atoms with Gasteiger partial charge in [-0.05, 0) is 51.6 Å². The number of rotatable bonds is 5. The zero-order valence-corrected chi connectivity index (χ0v) is 11.7. The van der Waals surface area contributed by atoms with Crippen LogP contribution in [-0.2, 0) is 4.79 Å². The number of amides is 1. The van der Waals surface area contributed by atoms with Crippen LogP contribution in [0.25, 0.3) is 0 Å². The van der Waals surface area contributed by atoms with Crippen molar-refractivity contribution in [3.63, 3.8) is 0 Å². The van der Waals surface area contributed by atoms with Crippen molar-refractivity contribution in [2.45, 2.75) is 32.1 Å². The van der Waals surface area contributed by atoms with Crippen molar-refractivity contribution in [3.8, 4) is 0 Å². The quantitative estimate of drug-likeness (QED) is 0.794. The summed E-state index contributed by atoms with van der Waals surface area (Å²) in [4.78, 5) is 16.4. The summed E-state index contributed by atoms with van der Waals surface area (Å²) < 4.78 is 0. The Balaban J connectivity index is 1.74. The first-order valence-electron chi connectivity index (χ1n) is 7.12. The molecule has 0 aromatic heterocycles. The van der Waals surface area contributed by atoms with Crippen LogP contribution >= 0.6 is 0 Å². The smallest absolute Gasteiger partial charge is 0.230 e. The Morgan fingerprint density at radius 3 is 2.78 bits per heavy atom. The predicted octanol–water partition coefficient (Wildman–Crippen LogP) is 0.949. The molecule has 18 heavy (non-hydrogen) atoms. The van der Waals surface area contributed by atoms with E-state index in [1.54, 1.807) is 0 Å². The van der Waals surface area contributed by atoms with Crippen LogP contribution in [0.2, 0.25) is 0 Å². The molecule has 4 nitrogen and oxygen atoms in total. The van der Waals surface area contributed by atoms with Gasteiger partial charge in [-0.2, -0.15) is 0 Å². The Bertz CT molecular complexity index is 302. The van der Waals surface area contributed by atoms with Crippen molar-refractivity contribution in [1.82, 2.24) is 9.80 Å². The maximum Gasteiger partial charge on any atom is 0.230 e. The van der Waals surface area contributed by atoms with E-state index in [0.717, 1.165) is 38.3 Å². The third-order valence-corrected chi connectivity index (χ3v) is 4.55. The highest BCUT2D eigenvalue weighted by Crippen LogP contribution is 2.46. The minimum atomic E-state index is -0.405. The second kappa shape index (κ2) is 5.57. The van der Waals surface area contributed by atoms with Crippen molar-refractivity contribution in [2.75, 3.05) is 40.3 Å². The maximum absolute atomic E-state index is 12.2. The lowest BCUT2D eigenvalue weighted by Gasteiger charge is -2.31. The number of carbonyl (C=O) groups excluding carboxylic acids is 1. The van der Waals surface area contributed by atoms with E-state index in [9.17, 15) is 9.90 Å². The van der Waals surface area contributed by atoms with Gasteiger partial charge in [0.15, 0.2) is 0 Å². The molecule has 0 spiro atoms. The monoisotopic (exact) mass is 254 g/mol. The van der Waals surface area contributed by atoms with Crippen LogP contribution in [0.15, 0.2) is 0 Å². The van der Waals surface area contributed by atoms with Gasteiger partial charge >= 0.3 is 0 Å². The summed E-state index contributed by atoms with van der Waals surface area (Å²) in [5.41, 5.74) is -0.405. The Kier molecular flexibility index (Phi) is 4.28. The molecule has 104 valence electrons. The van der Waals surface area contributed by atoms with Gasteiger partial charge < -0.3 is 14.9 Å². The van der Waals surface area contributed by atoms with Gasteiger partial charge in [-0.15, -0.1) is 0 Å². The van der Waals surface area contributed by atoms with E-state index in [-0.39, 0.29) is 12.5 Å². The zero-order valence-electron chi connectivity index (χ0n) is 11.7. The highest BCUT2D eigenvalue weighted by molar-refractivity contribution is 5.85. The molecule has 1 aliphatic heterocycles. The maximum atomic E-state index is 12.2. The van der Waals surface area contributed by atoms with Gasteiger partial charge in [0.1, 0.15) is 0 Å². The fraction of sp³-hybridized carbons (Fsp3) is 0.929. The highest BCUT2D eigenvalue weighted by atomic mass is 16.3. The average molecular weight is 254 g/mol. The van der Waals surface area contributed by atoms with Gasteiger partial charge in [-0.1, -0.05) is 0 Å². The second-order valence-corrected chi connectivity index (χ2v) is 6.22. The molecule has 0 radical (unpaired) electrons. The summed E-state index contributed by atoms with van der Waals surface area (Å²) in [7, 11) is 4.05. The molecule has 2 fully saturated rings. The van der Waals surface area contributed by atoms with Crippen molar-refractivity contribution in [2.24, 2.45) is 11.3 Å². The van der Waals surface area contributed by atoms with Crippen LogP contribution < -0.4 is 0 Å². The van der Waals surface area contributed by atoms with Gasteiger partial charge in [-0.25, -0.2) is 0 Å². The number of hydrogen-bond donors (Lipinski definition) is 1. The number of nitrogens with zero attached hydrogens (tertiary/aromatic N) is 2. The van der Waals surface area contributed by atoms with E-state index in [4.69, 9.17) is 0 Å². The number of piperidine rings is 1. The highest BCUT2D eigenvalue weighted by Gasteiger charge is 2.50. The summed E-state index contributed by atoms with van der Waals surface area (Å²) in [6.45, 7) is 3.22. The molecule has 2 rings (SSSR count). The Morgan fingerprint density at radius 2 is 2.22 bits per heavy atom. The van der Waals surface area contributed by atoms with Crippen molar-refractivity contribution >= 4 is 5.91 Å². The summed E-state index contributed by atoms with van der Waals surface area (Å²) in [5.74, 6) is 0.873. The molecule has 1 amide bonds. The number of carbonyl (C=O) groups is 1. The van der Waals surface area contributed by atoms with E-state index >= 15 is 0 Å². The molecule has 4 heteroatoms. The zero-order chi connectivity index (χ0) is 13.2. The molecule has 1 saturated carbocycles. The molecule has 1 heterocycles. The van der Waals surface area contributed by atoms with Gasteiger partial charge in [0.05, 0.1) is 12.0 Å². The van der Waals surface area contributed by atoms with E-state index in [0.29, 0.717) is 0 Å². The lowest BCUT2D eigenvalue weighted by atomic mass is 9.95. The molecule has 1 saturated heterocycles. The van der Waals surface area contributed by atoms with E-state index in [2.05, 4.69) is 11.9 Å². The van der Waals surface area contributed by atoms with Crippen molar-refractivity contribution in [3.05, 3.63) is 0 Å². The number of aliphatic hydroxyl groups excluding tert-OH is 1. The third kappa shape index (κ3) is 3.04.